The van der Waals surface area contributed by atoms with Crippen molar-refractivity contribution in [3.05, 3.63) is 51.7 Å². The zero-order valence-corrected chi connectivity index (χ0v) is 18.5. The minimum atomic E-state index is -4.76. The van der Waals surface area contributed by atoms with Gasteiger partial charge in [0.2, 0.25) is 5.95 Å². The zero-order valence-electron chi connectivity index (χ0n) is 18.5. The fraction of sp³-hybridized carbons (Fsp3) is 0.524. The van der Waals surface area contributed by atoms with Gasteiger partial charge in [-0.2, -0.15) is 13.2 Å². The molecular formula is C21H26F3N5O4. The van der Waals surface area contributed by atoms with E-state index in [0.717, 1.165) is 6.07 Å². The van der Waals surface area contributed by atoms with Crippen LogP contribution >= 0.6 is 0 Å². The Morgan fingerprint density at radius 3 is 2.36 bits per heavy atom. The summed E-state index contributed by atoms with van der Waals surface area (Å²) in [4.78, 5) is 37.9. The molecule has 3 rings (SSSR count). The van der Waals surface area contributed by atoms with Gasteiger partial charge in [0.15, 0.2) is 0 Å². The number of nitrogens with zero attached hydrogens (tertiary/aromatic N) is 4. The highest BCUT2D eigenvalue weighted by molar-refractivity contribution is 5.68. The Labute approximate surface area is 188 Å². The van der Waals surface area contributed by atoms with Crippen LogP contribution in [0.2, 0.25) is 0 Å². The minimum absolute atomic E-state index is 0.0208. The van der Waals surface area contributed by atoms with Gasteiger partial charge in [0, 0.05) is 56.8 Å². The highest BCUT2D eigenvalue weighted by Gasteiger charge is 2.34. The van der Waals surface area contributed by atoms with E-state index in [1.165, 1.54) is 11.1 Å². The largest absolute Gasteiger partial charge is 0.446 e. The molecule has 1 aliphatic heterocycles. The summed E-state index contributed by atoms with van der Waals surface area (Å²) in [7, 11) is 0. The normalized spacial score (nSPS) is 16.0. The van der Waals surface area contributed by atoms with Gasteiger partial charge in [0.1, 0.15) is 11.7 Å². The topological polar surface area (TPSA) is 112 Å². The summed E-state index contributed by atoms with van der Waals surface area (Å²) in [6.07, 6.45) is -1.70. The van der Waals surface area contributed by atoms with Crippen molar-refractivity contribution in [1.82, 2.24) is 19.9 Å². The van der Waals surface area contributed by atoms with Gasteiger partial charge in [-0.3, -0.25) is 4.79 Å². The van der Waals surface area contributed by atoms with Gasteiger partial charge < -0.3 is 24.6 Å². The molecule has 0 aromatic carbocycles. The third kappa shape index (κ3) is 6.21. The standard InChI is InChI=1S/C21H26F3N5O4/c1-13(8-14-9-16(21(22,23)24)17(30)25-10-14)33-19(31)29-6-4-28(5-7-29)18-26-11-15(12-27-18)20(2,3)32/h9-13,32H,4-8H2,1-3H3,(H,25,30)/t13-/m0/s1. The first kappa shape index (κ1) is 24.5. The summed E-state index contributed by atoms with van der Waals surface area (Å²) in [5.41, 5.74) is -2.74. The van der Waals surface area contributed by atoms with E-state index in [2.05, 4.69) is 15.0 Å². The third-order valence-corrected chi connectivity index (χ3v) is 5.26. The summed E-state index contributed by atoms with van der Waals surface area (Å²) in [6.45, 7) is 6.52. The van der Waals surface area contributed by atoms with Crippen molar-refractivity contribution in [2.24, 2.45) is 0 Å². The molecule has 1 fully saturated rings. The van der Waals surface area contributed by atoms with Crippen LogP contribution in [0.15, 0.2) is 29.5 Å². The Bertz CT molecular complexity index is 1030. The number of H-pyrrole nitrogens is 1. The highest BCUT2D eigenvalue weighted by Crippen LogP contribution is 2.27. The van der Waals surface area contributed by atoms with Crippen LogP contribution in [0.25, 0.3) is 0 Å². The summed E-state index contributed by atoms with van der Waals surface area (Å²) < 4.78 is 44.1. The van der Waals surface area contributed by atoms with Crippen molar-refractivity contribution < 1.29 is 27.8 Å². The maximum absolute atomic E-state index is 12.9. The maximum atomic E-state index is 12.9. The molecule has 0 unspecified atom stereocenters. The van der Waals surface area contributed by atoms with Gasteiger partial charge in [-0.1, -0.05) is 0 Å². The molecule has 2 aromatic heterocycles. The molecule has 1 aliphatic rings. The first-order valence-corrected chi connectivity index (χ1v) is 10.4. The summed E-state index contributed by atoms with van der Waals surface area (Å²) in [6, 6.07) is 0.769. The fourth-order valence-electron chi connectivity index (χ4n) is 3.37. The molecular weight excluding hydrogens is 443 g/mol. The lowest BCUT2D eigenvalue weighted by Gasteiger charge is -2.34. The average molecular weight is 469 g/mol. The van der Waals surface area contributed by atoms with E-state index >= 15 is 0 Å². The molecule has 0 bridgehead atoms. The molecule has 180 valence electrons. The molecule has 1 saturated heterocycles. The molecule has 0 aliphatic carbocycles. The number of hydrogen-bond donors (Lipinski definition) is 2. The van der Waals surface area contributed by atoms with E-state index in [1.807, 2.05) is 4.90 Å². The Morgan fingerprint density at radius 2 is 1.82 bits per heavy atom. The van der Waals surface area contributed by atoms with Crippen molar-refractivity contribution >= 4 is 12.0 Å². The molecule has 3 heterocycles. The number of anilines is 1. The second-order valence-electron chi connectivity index (χ2n) is 8.45. The number of amides is 1. The molecule has 0 radical (unpaired) electrons. The first-order chi connectivity index (χ1) is 15.3. The van der Waals surface area contributed by atoms with Gasteiger partial charge in [-0.15, -0.1) is 0 Å². The molecule has 1 atom stereocenters. The van der Waals surface area contributed by atoms with E-state index in [1.54, 1.807) is 33.2 Å². The summed E-state index contributed by atoms with van der Waals surface area (Å²) in [5.74, 6) is 0.489. The lowest BCUT2D eigenvalue weighted by Crippen LogP contribution is -2.50. The van der Waals surface area contributed by atoms with E-state index in [9.17, 15) is 27.9 Å². The number of aromatic amines is 1. The van der Waals surface area contributed by atoms with Crippen LogP contribution in [0.3, 0.4) is 0 Å². The van der Waals surface area contributed by atoms with Crippen LogP contribution < -0.4 is 10.5 Å². The maximum Gasteiger partial charge on any atom is 0.421 e. The molecule has 2 aromatic rings. The Hall–Kier alpha value is -3.15. The number of aromatic nitrogens is 3. The van der Waals surface area contributed by atoms with Crippen molar-refractivity contribution in [2.75, 3.05) is 31.1 Å². The highest BCUT2D eigenvalue weighted by atomic mass is 19.4. The lowest BCUT2D eigenvalue weighted by atomic mass is 10.0. The number of ether oxygens (including phenoxy) is 1. The third-order valence-electron chi connectivity index (χ3n) is 5.26. The number of alkyl halides is 3. The Kier molecular flexibility index (Phi) is 6.96. The van der Waals surface area contributed by atoms with Crippen molar-refractivity contribution in [2.45, 2.75) is 45.1 Å². The number of hydrogen-bond acceptors (Lipinski definition) is 7. The minimum Gasteiger partial charge on any atom is -0.446 e. The predicted octanol–water partition coefficient (Wildman–Crippen LogP) is 2.30. The van der Waals surface area contributed by atoms with Gasteiger partial charge in [0.05, 0.1) is 5.60 Å². The number of nitrogens with one attached hydrogen (secondary N) is 1. The lowest BCUT2D eigenvalue weighted by molar-refractivity contribution is -0.138. The number of halogens is 3. The molecule has 33 heavy (non-hydrogen) atoms. The second kappa shape index (κ2) is 9.38. The number of carbonyl (C=O) groups excluding carboxylic acids is 1. The van der Waals surface area contributed by atoms with E-state index in [-0.39, 0.29) is 12.0 Å². The van der Waals surface area contributed by atoms with Crippen LogP contribution in [0.4, 0.5) is 23.9 Å². The van der Waals surface area contributed by atoms with Crippen molar-refractivity contribution in [1.29, 1.82) is 0 Å². The number of pyridine rings is 1. The van der Waals surface area contributed by atoms with Crippen molar-refractivity contribution in [3.8, 4) is 0 Å². The van der Waals surface area contributed by atoms with Crippen LogP contribution in [-0.2, 0) is 22.9 Å². The number of aliphatic hydroxyl groups is 1. The smallest absolute Gasteiger partial charge is 0.421 e. The van der Waals surface area contributed by atoms with Crippen molar-refractivity contribution in [3.63, 3.8) is 0 Å². The number of carbonyl (C=O) groups is 1. The summed E-state index contributed by atoms with van der Waals surface area (Å²) >= 11 is 0. The van der Waals surface area contributed by atoms with E-state index in [0.29, 0.717) is 37.7 Å². The second-order valence-corrected chi connectivity index (χ2v) is 8.45. The molecule has 1 amide bonds. The van der Waals surface area contributed by atoms with Crippen LogP contribution in [-0.4, -0.2) is 63.3 Å². The monoisotopic (exact) mass is 469 g/mol. The van der Waals surface area contributed by atoms with Crippen LogP contribution in [0, 0.1) is 0 Å². The van der Waals surface area contributed by atoms with E-state index in [4.69, 9.17) is 4.74 Å². The molecule has 12 heteroatoms. The number of rotatable bonds is 5. The van der Waals surface area contributed by atoms with Crippen LogP contribution in [0.1, 0.15) is 37.5 Å². The predicted molar refractivity (Wildman–Crippen MR) is 113 cm³/mol. The Balaban J connectivity index is 1.52. The number of piperazine rings is 1. The van der Waals surface area contributed by atoms with Gasteiger partial charge in [0.25, 0.3) is 5.56 Å². The van der Waals surface area contributed by atoms with Gasteiger partial charge >= 0.3 is 12.3 Å². The summed E-state index contributed by atoms with van der Waals surface area (Å²) in [5, 5.41) is 10.00. The molecule has 0 spiro atoms. The Morgan fingerprint density at radius 1 is 1.21 bits per heavy atom. The zero-order chi connectivity index (χ0) is 24.4. The van der Waals surface area contributed by atoms with Gasteiger partial charge in [-0.25, -0.2) is 14.8 Å². The average Bonchev–Trinajstić information content (AvgIpc) is 2.74. The fourth-order valence-corrected chi connectivity index (χ4v) is 3.37. The molecule has 0 saturated carbocycles. The van der Waals surface area contributed by atoms with Crippen LogP contribution in [0.5, 0.6) is 0 Å². The SMILES string of the molecule is C[C@@H](Cc1c[nH]c(=O)c(C(F)(F)F)c1)OC(=O)N1CCN(c2ncc(C(C)(C)O)cn2)CC1. The first-order valence-electron chi connectivity index (χ1n) is 10.4. The quantitative estimate of drug-likeness (QED) is 0.691. The van der Waals surface area contributed by atoms with E-state index < -0.39 is 35.1 Å². The van der Waals surface area contributed by atoms with Gasteiger partial charge in [-0.05, 0) is 32.4 Å². The molecule has 2 N–H and O–H groups in total. The molecule has 9 nitrogen and oxygen atoms in total.